The second-order valence-electron chi connectivity index (χ2n) is 6.88. The van der Waals surface area contributed by atoms with Crippen LogP contribution in [0.2, 0.25) is 0 Å². The van der Waals surface area contributed by atoms with Crippen molar-refractivity contribution < 1.29 is 29.4 Å². The van der Waals surface area contributed by atoms with Gasteiger partial charge >= 0.3 is 0 Å². The zero-order valence-corrected chi connectivity index (χ0v) is 20.5. The van der Waals surface area contributed by atoms with Crippen LogP contribution in [0, 0.1) is 6.92 Å². The predicted molar refractivity (Wildman–Crippen MR) is 118 cm³/mol. The molecule has 6 nitrogen and oxygen atoms in total. The molecule has 0 saturated heterocycles. The number of hydrogen-bond donors (Lipinski definition) is 2. The second-order valence-corrected chi connectivity index (χ2v) is 6.88. The van der Waals surface area contributed by atoms with Crippen LogP contribution >= 0.6 is 0 Å². The molecule has 152 valence electrons. The topological polar surface area (TPSA) is 71.6 Å². The molecule has 0 bridgehead atoms. The molecule has 7 heteroatoms. The molecular formula is C24H22N4O2Zn. The minimum Gasteiger partial charge on any atom is -0.506 e. The summed E-state index contributed by atoms with van der Waals surface area (Å²) in [5.41, 5.74) is 4.22. The molecule has 0 spiro atoms. The van der Waals surface area contributed by atoms with Crippen molar-refractivity contribution in [3.05, 3.63) is 102 Å². The Hall–Kier alpha value is -3.44. The van der Waals surface area contributed by atoms with E-state index in [1.165, 1.54) is 6.08 Å². The number of aromatic hydroxyl groups is 1. The van der Waals surface area contributed by atoms with Crippen LogP contribution in [-0.2, 0) is 31.3 Å². The molecule has 0 aliphatic heterocycles. The van der Waals surface area contributed by atoms with Crippen molar-refractivity contribution in [2.45, 2.75) is 6.92 Å². The summed E-state index contributed by atoms with van der Waals surface area (Å²) in [7, 11) is 1.94. The van der Waals surface area contributed by atoms with Crippen molar-refractivity contribution in [3.63, 3.8) is 0 Å². The first-order chi connectivity index (χ1) is 14.6. The third-order valence-corrected chi connectivity index (χ3v) is 4.97. The third kappa shape index (κ3) is 4.52. The molecule has 0 saturated carbocycles. The Morgan fingerprint density at radius 2 is 1.68 bits per heavy atom. The van der Waals surface area contributed by atoms with Crippen LogP contribution in [0.25, 0.3) is 5.69 Å². The molecule has 0 atom stereocenters. The first kappa shape index (κ1) is 22.3. The predicted octanol–water partition coefficient (Wildman–Crippen LogP) is 4.05. The first-order valence-electron chi connectivity index (χ1n) is 9.59. The number of ketones is 1. The van der Waals surface area contributed by atoms with E-state index in [1.54, 1.807) is 36.6 Å². The number of nitrogens with zero attached hydrogens (tertiary/aromatic N) is 3. The van der Waals surface area contributed by atoms with E-state index in [2.05, 4.69) is 5.32 Å². The van der Waals surface area contributed by atoms with Gasteiger partial charge in [0.15, 0.2) is 11.3 Å². The van der Waals surface area contributed by atoms with Crippen molar-refractivity contribution in [1.29, 1.82) is 0 Å². The number of carbonyl (C=O) groups excluding carboxylic acids is 1. The van der Waals surface area contributed by atoms with Crippen LogP contribution in [0.15, 0.2) is 95.7 Å². The Morgan fingerprint density at radius 3 is 2.39 bits per heavy atom. The summed E-state index contributed by atoms with van der Waals surface area (Å²) < 4.78 is 3.94. The van der Waals surface area contributed by atoms with E-state index in [9.17, 15) is 9.90 Å². The molecule has 1 aromatic heterocycles. The Bertz CT molecular complexity index is 1260. The van der Waals surface area contributed by atoms with Crippen LogP contribution in [0.1, 0.15) is 5.69 Å². The smallest absolute Gasteiger partial charge is 0.187 e. The van der Waals surface area contributed by atoms with E-state index in [4.69, 9.17) is 4.99 Å². The van der Waals surface area contributed by atoms with Crippen LogP contribution in [-0.4, -0.2) is 20.3 Å². The normalized spacial score (nSPS) is 14.7. The van der Waals surface area contributed by atoms with Gasteiger partial charge in [0.1, 0.15) is 17.1 Å². The summed E-state index contributed by atoms with van der Waals surface area (Å²) >= 11 is 0. The number of nitrogens with one attached hydrogen (secondary N) is 1. The summed E-state index contributed by atoms with van der Waals surface area (Å²) in [6, 6.07) is 16.8. The summed E-state index contributed by atoms with van der Waals surface area (Å²) in [5.74, 6) is 0.0344. The summed E-state index contributed by atoms with van der Waals surface area (Å²) in [6.45, 7) is 1.97. The average Bonchev–Trinajstić information content (AvgIpc) is 2.99. The zero-order valence-electron chi connectivity index (χ0n) is 17.5. The molecule has 3 aromatic rings. The quantitative estimate of drug-likeness (QED) is 0.453. The Balaban J connectivity index is 0.00000272. The summed E-state index contributed by atoms with van der Waals surface area (Å²) in [6.07, 6.45) is 8.52. The maximum absolute atomic E-state index is 12.1. The van der Waals surface area contributed by atoms with E-state index < -0.39 is 0 Å². The minimum absolute atomic E-state index is 0. The second kappa shape index (κ2) is 9.58. The fourth-order valence-electron chi connectivity index (χ4n) is 3.28. The maximum atomic E-state index is 12.1. The summed E-state index contributed by atoms with van der Waals surface area (Å²) in [5, 5.41) is 13.5. The summed E-state index contributed by atoms with van der Waals surface area (Å²) in [4.78, 5) is 16.9. The van der Waals surface area contributed by atoms with Gasteiger partial charge < -0.3 is 10.4 Å². The number of anilines is 1. The van der Waals surface area contributed by atoms with Gasteiger partial charge in [-0.15, -0.1) is 0 Å². The van der Waals surface area contributed by atoms with Crippen LogP contribution in [0.3, 0.4) is 0 Å². The molecule has 4 rings (SSSR count). The number of rotatable bonds is 4. The van der Waals surface area contributed by atoms with Crippen LogP contribution in [0.4, 0.5) is 11.4 Å². The van der Waals surface area contributed by atoms with E-state index >= 15 is 0 Å². The van der Waals surface area contributed by atoms with Crippen LogP contribution < -0.4 is 10.8 Å². The Kier molecular flexibility index (Phi) is 6.88. The van der Waals surface area contributed by atoms with Crippen molar-refractivity contribution in [2.24, 2.45) is 12.0 Å². The van der Waals surface area contributed by atoms with Gasteiger partial charge in [0.2, 0.25) is 0 Å². The van der Waals surface area contributed by atoms with Gasteiger partial charge in [-0.2, -0.15) is 0 Å². The number of carbonyl (C=O) groups is 1. The largest absolute Gasteiger partial charge is 0.506 e. The van der Waals surface area contributed by atoms with Crippen LogP contribution in [0.5, 0.6) is 5.75 Å². The van der Waals surface area contributed by atoms with E-state index in [0.717, 1.165) is 17.1 Å². The Labute approximate surface area is 193 Å². The molecule has 1 aliphatic rings. The third-order valence-electron chi connectivity index (χ3n) is 4.97. The van der Waals surface area contributed by atoms with Crippen molar-refractivity contribution in [2.75, 3.05) is 5.32 Å². The zero-order chi connectivity index (χ0) is 21.1. The first-order valence-corrected chi connectivity index (χ1v) is 9.59. The Morgan fingerprint density at radius 1 is 1.00 bits per heavy atom. The van der Waals surface area contributed by atoms with Crippen molar-refractivity contribution in [3.8, 4) is 11.4 Å². The van der Waals surface area contributed by atoms with E-state index in [-0.39, 0.29) is 31.0 Å². The number of para-hydroxylation sites is 3. The van der Waals surface area contributed by atoms with E-state index in [0.29, 0.717) is 16.7 Å². The van der Waals surface area contributed by atoms with Gasteiger partial charge in [-0.05, 0) is 43.3 Å². The van der Waals surface area contributed by atoms with Gasteiger partial charge in [-0.3, -0.25) is 9.48 Å². The number of phenols is 1. The fourth-order valence-corrected chi connectivity index (χ4v) is 3.28. The molecule has 0 radical (unpaired) electrons. The minimum atomic E-state index is -0.0614. The molecule has 0 unspecified atom stereocenters. The number of aromatic nitrogens is 2. The number of hydrogen-bond acceptors (Lipinski definition) is 4. The monoisotopic (exact) mass is 462 g/mol. The molecule has 1 heterocycles. The molecule has 2 aromatic carbocycles. The van der Waals surface area contributed by atoms with Gasteiger partial charge in [0, 0.05) is 38.3 Å². The standard InChI is InChI=1S/C24H22N4O2.Zn/c1-17-23(25-16-18-10-6-8-14-21(18)29)24(26-20-13-7-9-15-22(20)30)28(27(17)2)19-11-4-3-5-12-19;/h3-16,25,30H,1-2H3;/b18-16-,26-24?;. The average molecular weight is 464 g/mol. The number of allylic oxidation sites excluding steroid dienone is 5. The number of phenolic OH excluding ortho intramolecular Hbond substituents is 1. The molecule has 1 aliphatic carbocycles. The number of benzene rings is 2. The molecule has 2 N–H and O–H groups in total. The fraction of sp³-hybridized carbons (Fsp3) is 0.0833. The van der Waals surface area contributed by atoms with Gasteiger partial charge in [0.25, 0.3) is 0 Å². The molecular weight excluding hydrogens is 442 g/mol. The maximum Gasteiger partial charge on any atom is 0.187 e. The SMILES string of the molecule is Cc1c(N/C=C2/C=CC=CC2=O)c(=Nc2ccccc2O)n(-c2ccccc2)n1C.[Zn]. The van der Waals surface area contributed by atoms with E-state index in [1.807, 2.05) is 65.8 Å². The van der Waals surface area contributed by atoms with Gasteiger partial charge in [0.05, 0.1) is 11.4 Å². The van der Waals surface area contributed by atoms with Crippen molar-refractivity contribution >= 4 is 17.2 Å². The van der Waals surface area contributed by atoms with Gasteiger partial charge in [-0.25, -0.2) is 9.67 Å². The molecule has 0 amide bonds. The molecule has 0 fully saturated rings. The van der Waals surface area contributed by atoms with Gasteiger partial charge in [-0.1, -0.05) is 42.5 Å². The van der Waals surface area contributed by atoms with Crippen molar-refractivity contribution in [1.82, 2.24) is 9.36 Å². The molecule has 31 heavy (non-hydrogen) atoms.